The third-order valence-corrected chi connectivity index (χ3v) is 3.44. The van der Waals surface area contributed by atoms with Gasteiger partial charge in [-0.3, -0.25) is 0 Å². The average Bonchev–Trinajstić information content (AvgIpc) is 2.58. The molecule has 1 aliphatic carbocycles. The van der Waals surface area contributed by atoms with Crippen LogP contribution in [-0.2, 0) is 6.54 Å². The van der Waals surface area contributed by atoms with Crippen molar-refractivity contribution >= 4 is 11.3 Å². The largest absolute Gasteiger partial charge is 0.312 e. The highest BCUT2D eigenvalue weighted by Crippen LogP contribution is 2.36. The van der Waals surface area contributed by atoms with Gasteiger partial charge in [0.25, 0.3) is 0 Å². The van der Waals surface area contributed by atoms with E-state index < -0.39 is 0 Å². The van der Waals surface area contributed by atoms with Crippen LogP contribution in [0, 0.1) is 11.8 Å². The second-order valence-electron chi connectivity index (χ2n) is 3.68. The van der Waals surface area contributed by atoms with Crippen molar-refractivity contribution in [3.05, 3.63) is 22.4 Å². The second-order valence-corrected chi connectivity index (χ2v) is 4.72. The molecule has 0 bridgehead atoms. The Bertz CT molecular complexity index is 230. The maximum absolute atomic E-state index is 3.49. The number of hydrogen-bond donors (Lipinski definition) is 1. The molecule has 1 aromatic rings. The summed E-state index contributed by atoms with van der Waals surface area (Å²) in [5.74, 6) is 1.94. The number of thiophene rings is 1. The van der Waals surface area contributed by atoms with Crippen LogP contribution in [0.15, 0.2) is 17.5 Å². The smallest absolute Gasteiger partial charge is 0.0299 e. The van der Waals surface area contributed by atoms with Crippen LogP contribution < -0.4 is 5.32 Å². The van der Waals surface area contributed by atoms with Gasteiger partial charge in [-0.05, 0) is 36.2 Å². The lowest BCUT2D eigenvalue weighted by Crippen LogP contribution is -2.15. The Morgan fingerprint density at radius 3 is 3.08 bits per heavy atom. The second kappa shape index (κ2) is 3.58. The molecule has 0 aromatic carbocycles. The van der Waals surface area contributed by atoms with Gasteiger partial charge in [-0.15, -0.1) is 11.3 Å². The molecule has 0 saturated heterocycles. The average molecular weight is 181 g/mol. The normalized spacial score (nSPS) is 27.4. The fourth-order valence-electron chi connectivity index (χ4n) is 1.48. The molecule has 0 spiro atoms. The van der Waals surface area contributed by atoms with Crippen molar-refractivity contribution < 1.29 is 0 Å². The van der Waals surface area contributed by atoms with Gasteiger partial charge < -0.3 is 5.32 Å². The molecule has 1 aliphatic rings. The molecule has 1 saturated carbocycles. The van der Waals surface area contributed by atoms with Crippen molar-refractivity contribution in [2.24, 2.45) is 11.8 Å². The van der Waals surface area contributed by atoms with E-state index in [1.807, 2.05) is 11.3 Å². The van der Waals surface area contributed by atoms with Crippen LogP contribution in [0.5, 0.6) is 0 Å². The minimum Gasteiger partial charge on any atom is -0.312 e. The topological polar surface area (TPSA) is 12.0 Å². The summed E-state index contributed by atoms with van der Waals surface area (Å²) in [7, 11) is 0. The highest BCUT2D eigenvalue weighted by Gasteiger charge is 2.31. The zero-order valence-electron chi connectivity index (χ0n) is 7.42. The highest BCUT2D eigenvalue weighted by atomic mass is 32.1. The molecule has 1 heterocycles. The molecule has 0 radical (unpaired) electrons. The monoisotopic (exact) mass is 181 g/mol. The summed E-state index contributed by atoms with van der Waals surface area (Å²) in [6, 6.07) is 4.30. The molecule has 2 unspecified atom stereocenters. The quantitative estimate of drug-likeness (QED) is 0.752. The van der Waals surface area contributed by atoms with E-state index in [9.17, 15) is 0 Å². The van der Waals surface area contributed by atoms with E-state index in [2.05, 4.69) is 29.8 Å². The third-order valence-electron chi connectivity index (χ3n) is 2.56. The molecule has 0 aliphatic heterocycles. The Morgan fingerprint density at radius 1 is 1.67 bits per heavy atom. The van der Waals surface area contributed by atoms with Crippen molar-refractivity contribution in [3.63, 3.8) is 0 Å². The van der Waals surface area contributed by atoms with Crippen molar-refractivity contribution in [3.8, 4) is 0 Å². The molecule has 1 N–H and O–H groups in total. The summed E-state index contributed by atoms with van der Waals surface area (Å²) < 4.78 is 0. The zero-order valence-corrected chi connectivity index (χ0v) is 8.23. The minimum absolute atomic E-state index is 0.963. The summed E-state index contributed by atoms with van der Waals surface area (Å²) >= 11 is 1.83. The first kappa shape index (κ1) is 8.27. The Labute approximate surface area is 77.8 Å². The number of hydrogen-bond acceptors (Lipinski definition) is 2. The van der Waals surface area contributed by atoms with Gasteiger partial charge in [0.1, 0.15) is 0 Å². The SMILES string of the molecule is CC1CC1CNCc1cccs1. The molecule has 0 amide bonds. The van der Waals surface area contributed by atoms with Gasteiger partial charge in [-0.1, -0.05) is 13.0 Å². The maximum atomic E-state index is 3.49. The molecule has 2 heteroatoms. The third kappa shape index (κ3) is 2.08. The zero-order chi connectivity index (χ0) is 8.39. The molecular formula is C10H15NS. The summed E-state index contributed by atoms with van der Waals surface area (Å²) in [6.45, 7) is 4.59. The minimum atomic E-state index is 0.963. The van der Waals surface area contributed by atoms with E-state index in [1.54, 1.807) is 0 Å². The predicted octanol–water partition coefficient (Wildman–Crippen LogP) is 2.49. The van der Waals surface area contributed by atoms with Crippen LogP contribution >= 0.6 is 11.3 Å². The van der Waals surface area contributed by atoms with Gasteiger partial charge in [-0.2, -0.15) is 0 Å². The highest BCUT2D eigenvalue weighted by molar-refractivity contribution is 7.09. The van der Waals surface area contributed by atoms with Crippen LogP contribution in [0.4, 0.5) is 0 Å². The summed E-state index contributed by atoms with van der Waals surface area (Å²) in [4.78, 5) is 1.45. The van der Waals surface area contributed by atoms with Crippen molar-refractivity contribution in [1.29, 1.82) is 0 Å². The molecule has 2 atom stereocenters. The first-order valence-corrected chi connectivity index (χ1v) is 5.47. The molecule has 1 fully saturated rings. The number of rotatable bonds is 4. The van der Waals surface area contributed by atoms with E-state index in [4.69, 9.17) is 0 Å². The van der Waals surface area contributed by atoms with Gasteiger partial charge in [0.05, 0.1) is 0 Å². The summed E-state index contributed by atoms with van der Waals surface area (Å²) in [5, 5.41) is 5.63. The molecule has 12 heavy (non-hydrogen) atoms. The fraction of sp³-hybridized carbons (Fsp3) is 0.600. The summed E-state index contributed by atoms with van der Waals surface area (Å²) in [5.41, 5.74) is 0. The first-order chi connectivity index (χ1) is 5.86. The number of nitrogens with one attached hydrogen (secondary N) is 1. The van der Waals surface area contributed by atoms with Crippen LogP contribution in [0.2, 0.25) is 0 Å². The maximum Gasteiger partial charge on any atom is 0.0299 e. The fourth-order valence-corrected chi connectivity index (χ4v) is 2.15. The Morgan fingerprint density at radius 2 is 2.50 bits per heavy atom. The van der Waals surface area contributed by atoms with Gasteiger partial charge in [0, 0.05) is 11.4 Å². The van der Waals surface area contributed by atoms with Crippen LogP contribution in [-0.4, -0.2) is 6.54 Å². The molecule has 66 valence electrons. The van der Waals surface area contributed by atoms with Crippen molar-refractivity contribution in [2.45, 2.75) is 19.9 Å². The van der Waals surface area contributed by atoms with Crippen LogP contribution in [0.3, 0.4) is 0 Å². The first-order valence-electron chi connectivity index (χ1n) is 4.59. The van der Waals surface area contributed by atoms with Crippen molar-refractivity contribution in [2.75, 3.05) is 6.54 Å². The van der Waals surface area contributed by atoms with Crippen LogP contribution in [0.1, 0.15) is 18.2 Å². The van der Waals surface area contributed by atoms with E-state index in [0.29, 0.717) is 0 Å². The van der Waals surface area contributed by atoms with Crippen molar-refractivity contribution in [1.82, 2.24) is 5.32 Å². The molecule has 1 aromatic heterocycles. The molecular weight excluding hydrogens is 166 g/mol. The lowest BCUT2D eigenvalue weighted by Gasteiger charge is -2.00. The van der Waals surface area contributed by atoms with E-state index in [1.165, 1.54) is 17.8 Å². The van der Waals surface area contributed by atoms with Gasteiger partial charge in [0.15, 0.2) is 0 Å². The van der Waals surface area contributed by atoms with E-state index in [0.717, 1.165) is 18.4 Å². The summed E-state index contributed by atoms with van der Waals surface area (Å²) in [6.07, 6.45) is 1.43. The Balaban J connectivity index is 1.63. The standard InChI is InChI=1S/C10H15NS/c1-8-5-9(8)6-11-7-10-3-2-4-12-10/h2-4,8-9,11H,5-7H2,1H3. The Hall–Kier alpha value is -0.340. The Kier molecular flexibility index (Phi) is 2.47. The van der Waals surface area contributed by atoms with Gasteiger partial charge in [-0.25, -0.2) is 0 Å². The van der Waals surface area contributed by atoms with E-state index >= 15 is 0 Å². The lowest BCUT2D eigenvalue weighted by atomic mass is 10.3. The van der Waals surface area contributed by atoms with Gasteiger partial charge in [0.2, 0.25) is 0 Å². The molecule has 2 rings (SSSR count). The van der Waals surface area contributed by atoms with Crippen LogP contribution in [0.25, 0.3) is 0 Å². The van der Waals surface area contributed by atoms with Gasteiger partial charge >= 0.3 is 0 Å². The lowest BCUT2D eigenvalue weighted by molar-refractivity contribution is 0.616. The van der Waals surface area contributed by atoms with E-state index in [-0.39, 0.29) is 0 Å². The molecule has 1 nitrogen and oxygen atoms in total. The predicted molar refractivity (Wildman–Crippen MR) is 53.3 cm³/mol.